The highest BCUT2D eigenvalue weighted by Crippen LogP contribution is 2.66. The second-order valence-corrected chi connectivity index (χ2v) is 8.78. The van der Waals surface area contributed by atoms with Gasteiger partial charge in [-0.2, -0.15) is 9.50 Å². The molecule has 2 bridgehead atoms. The second-order valence-electron chi connectivity index (χ2n) is 8.78. The van der Waals surface area contributed by atoms with E-state index in [4.69, 9.17) is 0 Å². The standard InChI is InChI=1S/C19H28N4O/c1-12(2)15-10-16(24)23-17(21-15)20-13(3)22(23)11-19-8-6-14(7-9-19)18(19,4)5/h10,12,14H,6-9,11H2,1-5H3. The third-order valence-electron chi connectivity index (χ3n) is 7.15. The molecule has 2 fully saturated rings. The highest BCUT2D eigenvalue weighted by molar-refractivity contribution is 5.29. The highest BCUT2D eigenvalue weighted by atomic mass is 16.1. The molecule has 0 amide bonds. The maximum absolute atomic E-state index is 12.7. The van der Waals surface area contributed by atoms with E-state index in [0.717, 1.165) is 24.0 Å². The molecule has 0 atom stereocenters. The molecule has 5 nitrogen and oxygen atoms in total. The molecule has 0 radical (unpaired) electrons. The minimum atomic E-state index is -0.00829. The topological polar surface area (TPSA) is 52.2 Å². The number of nitrogens with zero attached hydrogens (tertiary/aromatic N) is 4. The van der Waals surface area contributed by atoms with Crippen LogP contribution in [0, 0.1) is 23.7 Å². The van der Waals surface area contributed by atoms with Crippen LogP contribution in [0.1, 0.15) is 70.8 Å². The Labute approximate surface area is 143 Å². The highest BCUT2D eigenvalue weighted by Gasteiger charge is 2.58. The Morgan fingerprint density at radius 1 is 1.25 bits per heavy atom. The molecular formula is C19H28N4O. The normalized spacial score (nSPS) is 28.3. The van der Waals surface area contributed by atoms with Gasteiger partial charge in [-0.05, 0) is 55.3 Å². The van der Waals surface area contributed by atoms with Gasteiger partial charge in [-0.3, -0.25) is 9.48 Å². The lowest BCUT2D eigenvalue weighted by Crippen LogP contribution is -2.37. The van der Waals surface area contributed by atoms with Crippen LogP contribution >= 0.6 is 0 Å². The van der Waals surface area contributed by atoms with Crippen LogP contribution in [-0.2, 0) is 6.54 Å². The van der Waals surface area contributed by atoms with Crippen LogP contribution in [-0.4, -0.2) is 19.2 Å². The quantitative estimate of drug-likeness (QED) is 0.866. The van der Waals surface area contributed by atoms with E-state index < -0.39 is 0 Å². The summed E-state index contributed by atoms with van der Waals surface area (Å²) in [6, 6.07) is 1.67. The average Bonchev–Trinajstić information content (AvgIpc) is 3.04. The zero-order chi connectivity index (χ0) is 17.3. The molecule has 0 aromatic carbocycles. The average molecular weight is 328 g/mol. The molecule has 2 aromatic heterocycles. The molecule has 0 unspecified atom stereocenters. The van der Waals surface area contributed by atoms with E-state index in [1.54, 1.807) is 10.6 Å². The van der Waals surface area contributed by atoms with E-state index in [-0.39, 0.29) is 16.9 Å². The molecular weight excluding hydrogens is 300 g/mol. The van der Waals surface area contributed by atoms with Gasteiger partial charge in [0.15, 0.2) is 0 Å². The van der Waals surface area contributed by atoms with Gasteiger partial charge in [0.25, 0.3) is 11.3 Å². The largest absolute Gasteiger partial charge is 0.274 e. The van der Waals surface area contributed by atoms with Crippen molar-refractivity contribution in [2.75, 3.05) is 0 Å². The smallest absolute Gasteiger partial charge is 0.267 e. The van der Waals surface area contributed by atoms with Crippen LogP contribution in [0.3, 0.4) is 0 Å². The number of hydrogen-bond acceptors (Lipinski definition) is 3. The van der Waals surface area contributed by atoms with Crippen molar-refractivity contribution < 1.29 is 0 Å². The summed E-state index contributed by atoms with van der Waals surface area (Å²) in [5.41, 5.74) is 1.44. The second kappa shape index (κ2) is 4.93. The van der Waals surface area contributed by atoms with E-state index in [0.29, 0.717) is 11.2 Å². The summed E-state index contributed by atoms with van der Waals surface area (Å²) < 4.78 is 3.78. The Bertz CT molecular complexity index is 850. The molecule has 0 spiro atoms. The summed E-state index contributed by atoms with van der Waals surface area (Å²) in [7, 11) is 0. The summed E-state index contributed by atoms with van der Waals surface area (Å²) in [5.74, 6) is 2.50. The van der Waals surface area contributed by atoms with Gasteiger partial charge in [-0.15, -0.1) is 0 Å². The summed E-state index contributed by atoms with van der Waals surface area (Å²) in [6.07, 6.45) is 5.17. The molecule has 24 heavy (non-hydrogen) atoms. The van der Waals surface area contributed by atoms with Crippen LogP contribution in [0.4, 0.5) is 0 Å². The Morgan fingerprint density at radius 3 is 2.46 bits per heavy atom. The van der Waals surface area contributed by atoms with Crippen LogP contribution in [0.5, 0.6) is 0 Å². The van der Waals surface area contributed by atoms with Crippen molar-refractivity contribution in [1.29, 1.82) is 0 Å². The van der Waals surface area contributed by atoms with Gasteiger partial charge in [-0.1, -0.05) is 27.7 Å². The van der Waals surface area contributed by atoms with Crippen LogP contribution in [0.15, 0.2) is 10.9 Å². The molecule has 2 heterocycles. The van der Waals surface area contributed by atoms with Crippen molar-refractivity contribution in [1.82, 2.24) is 19.2 Å². The lowest BCUT2D eigenvalue weighted by molar-refractivity contribution is 0.0956. The molecule has 2 aromatic rings. The van der Waals surface area contributed by atoms with Crippen molar-refractivity contribution in [3.05, 3.63) is 27.9 Å². The Hall–Kier alpha value is -1.65. The third kappa shape index (κ3) is 1.96. The van der Waals surface area contributed by atoms with Gasteiger partial charge in [0.1, 0.15) is 5.82 Å². The third-order valence-corrected chi connectivity index (χ3v) is 7.15. The summed E-state index contributed by atoms with van der Waals surface area (Å²) in [5, 5.41) is 0. The van der Waals surface area contributed by atoms with Crippen molar-refractivity contribution in [3.63, 3.8) is 0 Å². The molecule has 4 rings (SSSR count). The number of rotatable bonds is 3. The lowest BCUT2D eigenvalue weighted by Gasteiger charge is -2.38. The van der Waals surface area contributed by atoms with E-state index >= 15 is 0 Å². The van der Waals surface area contributed by atoms with Gasteiger partial charge in [0.2, 0.25) is 0 Å². The Balaban J connectivity index is 1.84. The predicted octanol–water partition coefficient (Wildman–Crippen LogP) is 3.54. The van der Waals surface area contributed by atoms with E-state index in [2.05, 4.69) is 42.3 Å². The van der Waals surface area contributed by atoms with E-state index in [1.165, 1.54) is 25.7 Å². The molecule has 130 valence electrons. The fourth-order valence-corrected chi connectivity index (χ4v) is 5.23. The maximum Gasteiger partial charge on any atom is 0.274 e. The number of hydrogen-bond donors (Lipinski definition) is 0. The van der Waals surface area contributed by atoms with Crippen molar-refractivity contribution >= 4 is 5.78 Å². The number of aryl methyl sites for hydroxylation is 1. The fraction of sp³-hybridized carbons (Fsp3) is 0.737. The summed E-state index contributed by atoms with van der Waals surface area (Å²) in [6.45, 7) is 11.8. The minimum absolute atomic E-state index is 0.00829. The number of aromatic nitrogens is 4. The van der Waals surface area contributed by atoms with Gasteiger partial charge in [0, 0.05) is 12.6 Å². The molecule has 0 N–H and O–H groups in total. The summed E-state index contributed by atoms with van der Waals surface area (Å²) >= 11 is 0. The first-order valence-electron chi connectivity index (χ1n) is 9.22. The van der Waals surface area contributed by atoms with Gasteiger partial charge >= 0.3 is 0 Å². The monoisotopic (exact) mass is 328 g/mol. The predicted molar refractivity (Wildman–Crippen MR) is 94.2 cm³/mol. The van der Waals surface area contributed by atoms with Crippen LogP contribution in [0.25, 0.3) is 5.78 Å². The fourth-order valence-electron chi connectivity index (χ4n) is 5.23. The first-order valence-corrected chi connectivity index (χ1v) is 9.22. The SMILES string of the molecule is Cc1nc2nc(C(C)C)cc(=O)n2n1CC12CCC(CC1)C2(C)C. The molecule has 2 aliphatic rings. The van der Waals surface area contributed by atoms with Crippen LogP contribution in [0.2, 0.25) is 0 Å². The Kier molecular flexibility index (Phi) is 3.26. The zero-order valence-electron chi connectivity index (χ0n) is 15.5. The van der Waals surface area contributed by atoms with Gasteiger partial charge in [-0.25, -0.2) is 4.98 Å². The van der Waals surface area contributed by atoms with Crippen LogP contribution < -0.4 is 5.56 Å². The van der Waals surface area contributed by atoms with Gasteiger partial charge in [0.05, 0.1) is 5.69 Å². The molecule has 5 heteroatoms. The Morgan fingerprint density at radius 2 is 1.92 bits per heavy atom. The van der Waals surface area contributed by atoms with Crippen molar-refractivity contribution in [2.45, 2.75) is 72.8 Å². The lowest BCUT2D eigenvalue weighted by atomic mass is 9.69. The molecule has 0 aliphatic heterocycles. The molecule has 0 saturated heterocycles. The van der Waals surface area contributed by atoms with E-state index in [9.17, 15) is 4.79 Å². The minimum Gasteiger partial charge on any atom is -0.267 e. The number of fused-ring (bicyclic) bond motifs is 3. The van der Waals surface area contributed by atoms with E-state index in [1.807, 2.05) is 6.92 Å². The van der Waals surface area contributed by atoms with Crippen molar-refractivity contribution in [2.24, 2.45) is 16.7 Å². The molecule has 2 aliphatic carbocycles. The van der Waals surface area contributed by atoms with Gasteiger partial charge < -0.3 is 0 Å². The first-order chi connectivity index (χ1) is 11.2. The first kappa shape index (κ1) is 15.9. The summed E-state index contributed by atoms with van der Waals surface area (Å²) in [4.78, 5) is 22.0. The molecule has 2 saturated carbocycles. The zero-order valence-corrected chi connectivity index (χ0v) is 15.5. The maximum atomic E-state index is 12.7. The van der Waals surface area contributed by atoms with Crippen molar-refractivity contribution in [3.8, 4) is 0 Å².